The van der Waals surface area contributed by atoms with Gasteiger partial charge in [0.05, 0.1) is 23.8 Å². The maximum absolute atomic E-state index is 13.9. The molecule has 8 heteroatoms. The number of ether oxygens (including phenoxy) is 1. The quantitative estimate of drug-likeness (QED) is 0.567. The summed E-state index contributed by atoms with van der Waals surface area (Å²) in [5, 5.41) is 5.90. The van der Waals surface area contributed by atoms with Gasteiger partial charge in [0.25, 0.3) is 0 Å². The number of amides is 2. The molecule has 32 heavy (non-hydrogen) atoms. The molecule has 1 aromatic carbocycles. The first kappa shape index (κ1) is 23.0. The van der Waals surface area contributed by atoms with Crippen molar-refractivity contribution in [1.29, 1.82) is 0 Å². The van der Waals surface area contributed by atoms with Crippen LogP contribution < -0.4 is 20.3 Å². The second-order valence-corrected chi connectivity index (χ2v) is 9.76. The molecule has 2 unspecified atom stereocenters. The molecule has 2 aliphatic heterocycles. The lowest BCUT2D eigenvalue weighted by Crippen LogP contribution is -2.48. The Labute approximate surface area is 189 Å². The van der Waals surface area contributed by atoms with E-state index in [4.69, 9.17) is 4.74 Å². The standard InChI is InChI=1S/C24H35FN4O3/c1-16(2)32-20-6-5-18(25)15-19(20)29-13-11-28(12-14-29)10-4-7-24(8-9-24)27-21-17(3)22(30)26-23(21)31/h5-6,15-17,21,27H,4,7-14H2,1-3H3,(H,26,30,31). The van der Waals surface area contributed by atoms with Gasteiger partial charge < -0.3 is 9.64 Å². The van der Waals surface area contributed by atoms with Crippen LogP contribution in [-0.4, -0.2) is 67.1 Å². The van der Waals surface area contributed by atoms with Gasteiger partial charge in [0.15, 0.2) is 0 Å². The SMILES string of the molecule is CC(C)Oc1ccc(F)cc1N1CCN(CCCC2(NC3C(=O)NC(=O)C3C)CC2)CC1. The largest absolute Gasteiger partial charge is 0.489 e. The monoisotopic (exact) mass is 446 g/mol. The van der Waals surface area contributed by atoms with Gasteiger partial charge in [-0.15, -0.1) is 0 Å². The van der Waals surface area contributed by atoms with Crippen LogP contribution in [0.1, 0.15) is 46.5 Å². The second-order valence-electron chi connectivity index (χ2n) is 9.76. The zero-order chi connectivity index (χ0) is 22.9. The van der Waals surface area contributed by atoms with Crippen molar-refractivity contribution in [3.63, 3.8) is 0 Å². The molecule has 0 aromatic heterocycles. The number of hydrogen-bond acceptors (Lipinski definition) is 6. The highest BCUT2D eigenvalue weighted by molar-refractivity contribution is 6.06. The maximum atomic E-state index is 13.9. The molecule has 0 radical (unpaired) electrons. The van der Waals surface area contributed by atoms with Crippen LogP contribution in [0, 0.1) is 11.7 Å². The lowest BCUT2D eigenvalue weighted by molar-refractivity contribution is -0.125. The number of piperazine rings is 1. The number of anilines is 1. The van der Waals surface area contributed by atoms with Gasteiger partial charge in [-0.3, -0.25) is 25.1 Å². The van der Waals surface area contributed by atoms with Crippen LogP contribution in [0.25, 0.3) is 0 Å². The molecule has 2 N–H and O–H groups in total. The average Bonchev–Trinajstić information content (AvgIpc) is 3.47. The van der Waals surface area contributed by atoms with Crippen LogP contribution in [-0.2, 0) is 9.59 Å². The van der Waals surface area contributed by atoms with E-state index in [1.54, 1.807) is 12.1 Å². The van der Waals surface area contributed by atoms with Crippen molar-refractivity contribution in [2.24, 2.45) is 5.92 Å². The third kappa shape index (κ3) is 5.23. The molecular weight excluding hydrogens is 411 g/mol. The van der Waals surface area contributed by atoms with E-state index < -0.39 is 6.04 Å². The predicted molar refractivity (Wildman–Crippen MR) is 121 cm³/mol. The van der Waals surface area contributed by atoms with Crippen molar-refractivity contribution in [3.8, 4) is 5.75 Å². The zero-order valence-electron chi connectivity index (χ0n) is 19.3. The van der Waals surface area contributed by atoms with E-state index >= 15 is 0 Å². The highest BCUT2D eigenvalue weighted by Crippen LogP contribution is 2.41. The van der Waals surface area contributed by atoms with Crippen LogP contribution >= 0.6 is 0 Å². The molecule has 0 spiro atoms. The van der Waals surface area contributed by atoms with Gasteiger partial charge in [-0.25, -0.2) is 4.39 Å². The predicted octanol–water partition coefficient (Wildman–Crippen LogP) is 2.30. The number of benzene rings is 1. The Morgan fingerprint density at radius 2 is 1.91 bits per heavy atom. The molecule has 2 heterocycles. The summed E-state index contributed by atoms with van der Waals surface area (Å²) >= 11 is 0. The van der Waals surface area contributed by atoms with Crippen molar-refractivity contribution >= 4 is 17.5 Å². The van der Waals surface area contributed by atoms with Crippen LogP contribution in [0.5, 0.6) is 5.75 Å². The molecule has 2 atom stereocenters. The Morgan fingerprint density at radius 3 is 2.50 bits per heavy atom. The van der Waals surface area contributed by atoms with E-state index in [9.17, 15) is 14.0 Å². The summed E-state index contributed by atoms with van der Waals surface area (Å²) in [6.45, 7) is 10.3. The Morgan fingerprint density at radius 1 is 1.19 bits per heavy atom. The molecule has 2 saturated heterocycles. The molecule has 176 valence electrons. The fourth-order valence-corrected chi connectivity index (χ4v) is 4.77. The number of halogens is 1. The lowest BCUT2D eigenvalue weighted by atomic mass is 10.0. The first-order chi connectivity index (χ1) is 15.3. The summed E-state index contributed by atoms with van der Waals surface area (Å²) in [5.41, 5.74) is 0.839. The van der Waals surface area contributed by atoms with E-state index in [1.165, 1.54) is 6.07 Å². The maximum Gasteiger partial charge on any atom is 0.244 e. The summed E-state index contributed by atoms with van der Waals surface area (Å²) in [5.74, 6) is -0.182. The molecule has 3 aliphatic rings. The fraction of sp³-hybridized carbons (Fsp3) is 0.667. The number of rotatable bonds is 9. The first-order valence-electron chi connectivity index (χ1n) is 11.8. The molecular formula is C24H35FN4O3. The molecule has 7 nitrogen and oxygen atoms in total. The molecule has 1 aliphatic carbocycles. The van der Waals surface area contributed by atoms with Gasteiger partial charge in [-0.2, -0.15) is 0 Å². The number of hydrogen-bond donors (Lipinski definition) is 2. The van der Waals surface area contributed by atoms with Gasteiger partial charge in [0.1, 0.15) is 11.6 Å². The molecule has 3 fully saturated rings. The molecule has 1 saturated carbocycles. The average molecular weight is 447 g/mol. The Bertz CT molecular complexity index is 850. The van der Waals surface area contributed by atoms with Crippen LogP contribution in [0.15, 0.2) is 18.2 Å². The van der Waals surface area contributed by atoms with Crippen LogP contribution in [0.2, 0.25) is 0 Å². The summed E-state index contributed by atoms with van der Waals surface area (Å²) < 4.78 is 19.8. The topological polar surface area (TPSA) is 73.9 Å². The van der Waals surface area contributed by atoms with Gasteiger partial charge in [0, 0.05) is 37.8 Å². The number of carbonyl (C=O) groups excluding carboxylic acids is 2. The van der Waals surface area contributed by atoms with Gasteiger partial charge in [-0.1, -0.05) is 6.92 Å². The van der Waals surface area contributed by atoms with Crippen molar-refractivity contribution in [2.45, 2.75) is 64.1 Å². The summed E-state index contributed by atoms with van der Waals surface area (Å²) in [6, 6.07) is 4.34. The number of imide groups is 1. The molecule has 4 rings (SSSR count). The number of nitrogens with zero attached hydrogens (tertiary/aromatic N) is 2. The van der Waals surface area contributed by atoms with Crippen LogP contribution in [0.3, 0.4) is 0 Å². The summed E-state index contributed by atoms with van der Waals surface area (Å²) in [7, 11) is 0. The second kappa shape index (κ2) is 9.35. The van der Waals surface area contributed by atoms with Gasteiger partial charge in [-0.05, 0) is 58.2 Å². The third-order valence-corrected chi connectivity index (χ3v) is 6.88. The van der Waals surface area contributed by atoms with E-state index in [1.807, 2.05) is 20.8 Å². The Balaban J connectivity index is 1.24. The third-order valence-electron chi connectivity index (χ3n) is 6.88. The normalized spacial score (nSPS) is 25.3. The number of nitrogens with one attached hydrogen (secondary N) is 2. The van der Waals surface area contributed by atoms with Crippen LogP contribution in [0.4, 0.5) is 10.1 Å². The summed E-state index contributed by atoms with van der Waals surface area (Å²) in [6.07, 6.45) is 4.22. The highest BCUT2D eigenvalue weighted by atomic mass is 19.1. The van der Waals surface area contributed by atoms with E-state index in [0.29, 0.717) is 0 Å². The fourth-order valence-electron chi connectivity index (χ4n) is 4.77. The first-order valence-corrected chi connectivity index (χ1v) is 11.8. The minimum atomic E-state index is -0.401. The Hall–Kier alpha value is -2.19. The van der Waals surface area contributed by atoms with Crippen molar-refractivity contribution < 1.29 is 18.7 Å². The molecule has 2 amide bonds. The number of carbonyl (C=O) groups is 2. The minimum absolute atomic E-state index is 0.00730. The van der Waals surface area contributed by atoms with E-state index in [2.05, 4.69) is 20.4 Å². The highest BCUT2D eigenvalue weighted by Gasteiger charge is 2.48. The minimum Gasteiger partial charge on any atom is -0.489 e. The van der Waals surface area contributed by atoms with Gasteiger partial charge in [0.2, 0.25) is 11.8 Å². The Kier molecular flexibility index (Phi) is 6.72. The summed E-state index contributed by atoms with van der Waals surface area (Å²) in [4.78, 5) is 28.4. The van der Waals surface area contributed by atoms with E-state index in [-0.39, 0.29) is 35.2 Å². The lowest BCUT2D eigenvalue weighted by Gasteiger charge is -2.37. The van der Waals surface area contributed by atoms with Crippen molar-refractivity contribution in [1.82, 2.24) is 15.5 Å². The van der Waals surface area contributed by atoms with Gasteiger partial charge >= 0.3 is 0 Å². The molecule has 0 bridgehead atoms. The smallest absolute Gasteiger partial charge is 0.244 e. The molecule has 1 aromatic rings. The zero-order valence-corrected chi connectivity index (χ0v) is 19.3. The van der Waals surface area contributed by atoms with Crippen molar-refractivity contribution in [2.75, 3.05) is 37.6 Å². The van der Waals surface area contributed by atoms with Crippen molar-refractivity contribution in [3.05, 3.63) is 24.0 Å². The van der Waals surface area contributed by atoms with E-state index in [0.717, 1.165) is 69.8 Å².